The number of nitrogens with zero attached hydrogens (tertiary/aromatic N) is 1. The lowest BCUT2D eigenvalue weighted by atomic mass is 10.0. The first kappa shape index (κ1) is 13.6. The first-order valence-electron chi connectivity index (χ1n) is 6.71. The van der Waals surface area contributed by atoms with Crippen LogP contribution in [0.4, 0.5) is 5.69 Å². The standard InChI is InChI=1S/C17H16N2OS/c1-19(11-14-7-4-8-21-14)17(20)15-9-12-5-2-3-6-13(12)10-16(15)18/h2-10H,11,18H2,1H3. The number of rotatable bonds is 3. The van der Waals surface area contributed by atoms with E-state index in [0.717, 1.165) is 15.6 Å². The highest BCUT2D eigenvalue weighted by Crippen LogP contribution is 2.23. The van der Waals surface area contributed by atoms with E-state index in [9.17, 15) is 4.79 Å². The van der Waals surface area contributed by atoms with Crippen LogP contribution in [0.25, 0.3) is 10.8 Å². The van der Waals surface area contributed by atoms with Gasteiger partial charge in [0.1, 0.15) is 0 Å². The largest absolute Gasteiger partial charge is 0.398 e. The molecule has 0 radical (unpaired) electrons. The molecule has 0 saturated heterocycles. The maximum atomic E-state index is 12.6. The average molecular weight is 296 g/mol. The van der Waals surface area contributed by atoms with Crippen LogP contribution < -0.4 is 5.73 Å². The Morgan fingerprint density at radius 1 is 1.14 bits per heavy atom. The van der Waals surface area contributed by atoms with Crippen molar-refractivity contribution >= 4 is 33.7 Å². The fourth-order valence-corrected chi connectivity index (χ4v) is 3.11. The van der Waals surface area contributed by atoms with Crippen molar-refractivity contribution in [3.8, 4) is 0 Å². The van der Waals surface area contributed by atoms with Crippen LogP contribution in [0, 0.1) is 0 Å². The first-order chi connectivity index (χ1) is 10.1. The summed E-state index contributed by atoms with van der Waals surface area (Å²) in [4.78, 5) is 15.4. The molecule has 3 rings (SSSR count). The summed E-state index contributed by atoms with van der Waals surface area (Å²) in [6.07, 6.45) is 0. The molecule has 0 atom stereocenters. The van der Waals surface area contributed by atoms with E-state index in [-0.39, 0.29) is 5.91 Å². The minimum Gasteiger partial charge on any atom is -0.398 e. The lowest BCUT2D eigenvalue weighted by molar-refractivity contribution is 0.0787. The Morgan fingerprint density at radius 2 is 1.86 bits per heavy atom. The highest BCUT2D eigenvalue weighted by atomic mass is 32.1. The first-order valence-corrected chi connectivity index (χ1v) is 7.59. The molecule has 0 aliphatic rings. The number of carbonyl (C=O) groups is 1. The quantitative estimate of drug-likeness (QED) is 0.748. The molecule has 0 aliphatic carbocycles. The van der Waals surface area contributed by atoms with Crippen LogP contribution in [0.3, 0.4) is 0 Å². The molecule has 2 N–H and O–H groups in total. The van der Waals surface area contributed by atoms with Crippen LogP contribution in [0.1, 0.15) is 15.2 Å². The van der Waals surface area contributed by atoms with Gasteiger partial charge in [-0.25, -0.2) is 0 Å². The fourth-order valence-electron chi connectivity index (χ4n) is 2.36. The van der Waals surface area contributed by atoms with Gasteiger partial charge in [-0.1, -0.05) is 30.3 Å². The third-order valence-corrected chi connectivity index (χ3v) is 4.33. The number of nitrogen functional groups attached to an aromatic ring is 1. The smallest absolute Gasteiger partial charge is 0.256 e. The van der Waals surface area contributed by atoms with Gasteiger partial charge in [-0.05, 0) is 34.4 Å². The second-order valence-electron chi connectivity index (χ2n) is 5.03. The molecule has 0 fully saturated rings. The van der Waals surface area contributed by atoms with Gasteiger partial charge in [0.15, 0.2) is 0 Å². The van der Waals surface area contributed by atoms with Gasteiger partial charge in [0.05, 0.1) is 12.1 Å². The monoisotopic (exact) mass is 296 g/mol. The number of nitrogens with two attached hydrogens (primary N) is 1. The molecule has 0 bridgehead atoms. The minimum atomic E-state index is -0.0494. The molecule has 0 saturated carbocycles. The number of anilines is 1. The van der Waals surface area contributed by atoms with Gasteiger partial charge < -0.3 is 10.6 Å². The topological polar surface area (TPSA) is 46.3 Å². The zero-order valence-electron chi connectivity index (χ0n) is 11.7. The van der Waals surface area contributed by atoms with Crippen LogP contribution in [-0.4, -0.2) is 17.9 Å². The second kappa shape index (κ2) is 5.58. The predicted molar refractivity (Wildman–Crippen MR) is 88.5 cm³/mol. The molecule has 3 aromatic rings. The summed E-state index contributed by atoms with van der Waals surface area (Å²) >= 11 is 1.65. The van der Waals surface area contributed by atoms with Crippen LogP contribution in [0.15, 0.2) is 53.9 Å². The lowest BCUT2D eigenvalue weighted by Crippen LogP contribution is -2.26. The Bertz CT molecular complexity index is 781. The summed E-state index contributed by atoms with van der Waals surface area (Å²) in [5.74, 6) is -0.0494. The molecule has 4 heteroatoms. The van der Waals surface area contributed by atoms with Gasteiger partial charge in [-0.3, -0.25) is 4.79 Å². The van der Waals surface area contributed by atoms with E-state index in [2.05, 4.69) is 0 Å². The van der Waals surface area contributed by atoms with E-state index in [1.807, 2.05) is 53.9 Å². The van der Waals surface area contributed by atoms with E-state index in [4.69, 9.17) is 5.73 Å². The van der Waals surface area contributed by atoms with Gasteiger partial charge >= 0.3 is 0 Å². The van der Waals surface area contributed by atoms with Crippen LogP contribution in [-0.2, 0) is 6.54 Å². The second-order valence-corrected chi connectivity index (χ2v) is 6.06. The summed E-state index contributed by atoms with van der Waals surface area (Å²) in [7, 11) is 1.80. The van der Waals surface area contributed by atoms with Crippen molar-refractivity contribution in [2.24, 2.45) is 0 Å². The molecule has 3 nitrogen and oxygen atoms in total. The molecule has 0 unspecified atom stereocenters. The Kier molecular flexibility index (Phi) is 3.62. The van der Waals surface area contributed by atoms with E-state index in [0.29, 0.717) is 17.8 Å². The van der Waals surface area contributed by atoms with Gasteiger partial charge in [0.2, 0.25) is 0 Å². The van der Waals surface area contributed by atoms with E-state index in [1.165, 1.54) is 0 Å². The average Bonchev–Trinajstić information content (AvgIpc) is 2.98. The van der Waals surface area contributed by atoms with Gasteiger partial charge in [-0.2, -0.15) is 0 Å². The highest BCUT2D eigenvalue weighted by molar-refractivity contribution is 7.09. The minimum absolute atomic E-state index is 0.0494. The van der Waals surface area contributed by atoms with Gasteiger partial charge in [0.25, 0.3) is 5.91 Å². The zero-order valence-corrected chi connectivity index (χ0v) is 12.6. The summed E-state index contributed by atoms with van der Waals surface area (Å²) in [6.45, 7) is 0.600. The fraction of sp³-hybridized carbons (Fsp3) is 0.118. The molecule has 1 amide bonds. The molecular weight excluding hydrogens is 280 g/mol. The number of thiophene rings is 1. The number of hydrogen-bond acceptors (Lipinski definition) is 3. The van der Waals surface area contributed by atoms with Crippen molar-refractivity contribution < 1.29 is 4.79 Å². The number of fused-ring (bicyclic) bond motifs is 1. The molecule has 0 spiro atoms. The van der Waals surface area contributed by atoms with Crippen LogP contribution in [0.5, 0.6) is 0 Å². The predicted octanol–water partition coefficient (Wildman–Crippen LogP) is 3.76. The van der Waals surface area contributed by atoms with Crippen LogP contribution >= 0.6 is 11.3 Å². The highest BCUT2D eigenvalue weighted by Gasteiger charge is 2.16. The SMILES string of the molecule is CN(Cc1cccs1)C(=O)c1cc2ccccc2cc1N. The van der Waals surface area contributed by atoms with Gasteiger partial charge in [-0.15, -0.1) is 11.3 Å². The van der Waals surface area contributed by atoms with Gasteiger partial charge in [0, 0.05) is 17.6 Å². The summed E-state index contributed by atoms with van der Waals surface area (Å²) < 4.78 is 0. The van der Waals surface area contributed by atoms with E-state index < -0.39 is 0 Å². The molecule has 0 aliphatic heterocycles. The third kappa shape index (κ3) is 2.76. The van der Waals surface area contributed by atoms with Crippen molar-refractivity contribution in [2.45, 2.75) is 6.54 Å². The molecule has 21 heavy (non-hydrogen) atoms. The van der Waals surface area contributed by atoms with Crippen molar-refractivity contribution in [3.63, 3.8) is 0 Å². The Labute approximate surface area is 127 Å². The normalized spacial score (nSPS) is 10.7. The van der Waals surface area contributed by atoms with Crippen LogP contribution in [0.2, 0.25) is 0 Å². The molecule has 106 valence electrons. The summed E-state index contributed by atoms with van der Waals surface area (Å²) in [6, 6.07) is 15.7. The Morgan fingerprint density at radius 3 is 2.52 bits per heavy atom. The lowest BCUT2D eigenvalue weighted by Gasteiger charge is -2.18. The van der Waals surface area contributed by atoms with Crippen molar-refractivity contribution in [3.05, 3.63) is 64.4 Å². The van der Waals surface area contributed by atoms with Crippen molar-refractivity contribution in [2.75, 3.05) is 12.8 Å². The maximum Gasteiger partial charge on any atom is 0.256 e. The number of amides is 1. The molecule has 1 aromatic heterocycles. The molecule has 2 aromatic carbocycles. The molecule has 1 heterocycles. The summed E-state index contributed by atoms with van der Waals surface area (Å²) in [5.41, 5.74) is 7.14. The third-order valence-electron chi connectivity index (χ3n) is 3.47. The Hall–Kier alpha value is -2.33. The zero-order chi connectivity index (χ0) is 14.8. The number of carbonyl (C=O) groups excluding carboxylic acids is 1. The maximum absolute atomic E-state index is 12.6. The van der Waals surface area contributed by atoms with Crippen molar-refractivity contribution in [1.82, 2.24) is 4.90 Å². The van der Waals surface area contributed by atoms with E-state index >= 15 is 0 Å². The Balaban J connectivity index is 1.91. The number of benzene rings is 2. The number of hydrogen-bond donors (Lipinski definition) is 1. The van der Waals surface area contributed by atoms with Crippen molar-refractivity contribution in [1.29, 1.82) is 0 Å². The van der Waals surface area contributed by atoms with E-state index in [1.54, 1.807) is 23.3 Å². The summed E-state index contributed by atoms with van der Waals surface area (Å²) in [5, 5.41) is 4.09. The molecular formula is C17H16N2OS.